The van der Waals surface area contributed by atoms with Crippen LogP contribution >= 0.6 is 11.3 Å². The van der Waals surface area contributed by atoms with Gasteiger partial charge in [0.25, 0.3) is 0 Å². The number of aromatic amines is 1. The molecule has 5 aromatic rings. The van der Waals surface area contributed by atoms with Crippen molar-refractivity contribution in [3.63, 3.8) is 0 Å². The Hall–Kier alpha value is -3.72. The fourth-order valence-corrected chi connectivity index (χ4v) is 4.09. The summed E-state index contributed by atoms with van der Waals surface area (Å²) in [5, 5.41) is 6.06. The molecule has 3 heterocycles. The molecular formula is C23H16F3N5S. The number of hydrogen-bond acceptors (Lipinski definition) is 5. The number of hydrogen-bond donors (Lipinski definition) is 2. The van der Waals surface area contributed by atoms with Crippen LogP contribution in [-0.4, -0.2) is 19.9 Å². The molecule has 9 heteroatoms. The molecule has 3 aromatic heterocycles. The van der Waals surface area contributed by atoms with Gasteiger partial charge in [0, 0.05) is 34.6 Å². The van der Waals surface area contributed by atoms with Crippen molar-refractivity contribution in [3.05, 3.63) is 77.4 Å². The van der Waals surface area contributed by atoms with Crippen LogP contribution in [0.2, 0.25) is 0 Å². The van der Waals surface area contributed by atoms with Gasteiger partial charge in [-0.25, -0.2) is 9.97 Å². The molecular weight excluding hydrogens is 435 g/mol. The van der Waals surface area contributed by atoms with Crippen LogP contribution < -0.4 is 5.32 Å². The maximum atomic E-state index is 12.8. The van der Waals surface area contributed by atoms with E-state index < -0.39 is 11.7 Å². The van der Waals surface area contributed by atoms with Crippen LogP contribution in [0.1, 0.15) is 11.1 Å². The SMILES string of the molecule is Cc1cc2[nH]c(-c3ccc(C(F)(F)F)cc3)nc2cc1Nc1nc(-c2ccncc2)cs1. The Labute approximate surface area is 185 Å². The normalized spacial score (nSPS) is 11.8. The Morgan fingerprint density at radius 2 is 1.69 bits per heavy atom. The molecule has 2 aromatic carbocycles. The minimum Gasteiger partial charge on any atom is -0.338 e. The lowest BCUT2D eigenvalue weighted by Crippen LogP contribution is -2.04. The van der Waals surface area contributed by atoms with Crippen LogP contribution in [0.25, 0.3) is 33.7 Å². The second-order valence-corrected chi connectivity index (χ2v) is 8.10. The van der Waals surface area contributed by atoms with E-state index in [-0.39, 0.29) is 0 Å². The fourth-order valence-electron chi connectivity index (χ4n) is 3.36. The van der Waals surface area contributed by atoms with E-state index in [0.717, 1.165) is 45.3 Å². The van der Waals surface area contributed by atoms with E-state index in [0.29, 0.717) is 16.9 Å². The molecule has 0 amide bonds. The molecule has 160 valence electrons. The highest BCUT2D eigenvalue weighted by atomic mass is 32.1. The molecule has 0 spiro atoms. The van der Waals surface area contributed by atoms with E-state index in [1.165, 1.54) is 23.5 Å². The number of nitrogens with zero attached hydrogens (tertiary/aromatic N) is 3. The zero-order valence-electron chi connectivity index (χ0n) is 16.7. The van der Waals surface area contributed by atoms with Gasteiger partial charge in [0.1, 0.15) is 5.82 Å². The minimum atomic E-state index is -4.36. The van der Waals surface area contributed by atoms with Crippen molar-refractivity contribution in [2.24, 2.45) is 0 Å². The van der Waals surface area contributed by atoms with Crippen LogP contribution in [0.15, 0.2) is 66.3 Å². The smallest absolute Gasteiger partial charge is 0.338 e. The van der Waals surface area contributed by atoms with E-state index in [2.05, 4.69) is 25.3 Å². The minimum absolute atomic E-state index is 0.513. The van der Waals surface area contributed by atoms with Gasteiger partial charge < -0.3 is 10.3 Å². The monoisotopic (exact) mass is 451 g/mol. The predicted octanol–water partition coefficient (Wildman–Crippen LogP) is 6.82. The number of rotatable bonds is 4. The average Bonchev–Trinajstić information content (AvgIpc) is 3.41. The molecule has 32 heavy (non-hydrogen) atoms. The van der Waals surface area contributed by atoms with Gasteiger partial charge in [0.05, 0.1) is 22.3 Å². The molecule has 0 aliphatic heterocycles. The first-order chi connectivity index (χ1) is 15.4. The Morgan fingerprint density at radius 1 is 0.938 bits per heavy atom. The number of benzene rings is 2. The zero-order chi connectivity index (χ0) is 22.3. The summed E-state index contributed by atoms with van der Waals surface area (Å²) in [6.45, 7) is 1.97. The van der Waals surface area contributed by atoms with Gasteiger partial charge in [-0.15, -0.1) is 11.3 Å². The number of pyridine rings is 1. The molecule has 0 saturated carbocycles. The van der Waals surface area contributed by atoms with Gasteiger partial charge >= 0.3 is 6.18 Å². The summed E-state index contributed by atoms with van der Waals surface area (Å²) in [6, 6.07) is 12.6. The van der Waals surface area contributed by atoms with Gasteiger partial charge in [0.2, 0.25) is 0 Å². The van der Waals surface area contributed by atoms with Crippen molar-refractivity contribution in [1.82, 2.24) is 19.9 Å². The second-order valence-electron chi connectivity index (χ2n) is 7.24. The van der Waals surface area contributed by atoms with Crippen LogP contribution in [0.3, 0.4) is 0 Å². The van der Waals surface area contributed by atoms with Crippen molar-refractivity contribution in [2.75, 3.05) is 5.32 Å². The lowest BCUT2D eigenvalue weighted by atomic mass is 10.1. The number of alkyl halides is 3. The Bertz CT molecular complexity index is 1390. The van der Waals surface area contributed by atoms with Crippen molar-refractivity contribution in [3.8, 4) is 22.6 Å². The van der Waals surface area contributed by atoms with Crippen molar-refractivity contribution in [2.45, 2.75) is 13.1 Å². The number of imidazole rings is 1. The van der Waals surface area contributed by atoms with Crippen LogP contribution in [0, 0.1) is 6.92 Å². The van der Waals surface area contributed by atoms with E-state index in [1.807, 2.05) is 36.6 Å². The highest BCUT2D eigenvalue weighted by Gasteiger charge is 2.30. The molecule has 0 radical (unpaired) electrons. The van der Waals surface area contributed by atoms with Crippen molar-refractivity contribution in [1.29, 1.82) is 0 Å². The summed E-state index contributed by atoms with van der Waals surface area (Å²) in [6.07, 6.45) is -0.908. The molecule has 0 unspecified atom stereocenters. The van der Waals surface area contributed by atoms with Crippen molar-refractivity contribution < 1.29 is 13.2 Å². The molecule has 5 rings (SSSR count). The number of nitrogens with one attached hydrogen (secondary N) is 2. The Kier molecular flexibility index (Phi) is 4.90. The number of anilines is 2. The number of aryl methyl sites for hydroxylation is 1. The second kappa shape index (κ2) is 7.76. The van der Waals surface area contributed by atoms with Crippen LogP contribution in [0.5, 0.6) is 0 Å². The summed E-state index contributed by atoms with van der Waals surface area (Å²) in [5.41, 5.74) is 5.11. The maximum Gasteiger partial charge on any atom is 0.416 e. The van der Waals surface area contributed by atoms with Gasteiger partial charge in [-0.2, -0.15) is 13.2 Å². The first kappa shape index (κ1) is 20.2. The van der Waals surface area contributed by atoms with Crippen LogP contribution in [-0.2, 0) is 6.18 Å². The van der Waals surface area contributed by atoms with E-state index >= 15 is 0 Å². The number of aromatic nitrogens is 4. The Balaban J connectivity index is 1.42. The lowest BCUT2D eigenvalue weighted by molar-refractivity contribution is -0.137. The Morgan fingerprint density at radius 3 is 2.41 bits per heavy atom. The molecule has 0 aliphatic rings. The van der Waals surface area contributed by atoms with Gasteiger partial charge in [-0.05, 0) is 48.9 Å². The quantitative estimate of drug-likeness (QED) is 0.315. The summed E-state index contributed by atoms with van der Waals surface area (Å²) < 4.78 is 38.5. The predicted molar refractivity (Wildman–Crippen MR) is 120 cm³/mol. The molecule has 2 N–H and O–H groups in total. The molecule has 0 aliphatic carbocycles. The zero-order valence-corrected chi connectivity index (χ0v) is 17.6. The molecule has 0 atom stereocenters. The number of fused-ring (bicyclic) bond motifs is 1. The van der Waals surface area contributed by atoms with Crippen LogP contribution in [0.4, 0.5) is 24.0 Å². The van der Waals surface area contributed by atoms with E-state index in [4.69, 9.17) is 0 Å². The average molecular weight is 451 g/mol. The van der Waals surface area contributed by atoms with Gasteiger partial charge in [-0.1, -0.05) is 12.1 Å². The summed E-state index contributed by atoms with van der Waals surface area (Å²) in [4.78, 5) is 16.4. The van der Waals surface area contributed by atoms with E-state index in [1.54, 1.807) is 12.4 Å². The summed E-state index contributed by atoms with van der Waals surface area (Å²) in [7, 11) is 0. The highest BCUT2D eigenvalue weighted by molar-refractivity contribution is 7.14. The number of thiazole rings is 1. The van der Waals surface area contributed by atoms with Gasteiger partial charge in [-0.3, -0.25) is 4.98 Å². The topological polar surface area (TPSA) is 66.5 Å². The third-order valence-corrected chi connectivity index (χ3v) is 5.79. The third-order valence-electron chi connectivity index (χ3n) is 5.04. The fraction of sp³-hybridized carbons (Fsp3) is 0.0870. The highest BCUT2D eigenvalue weighted by Crippen LogP contribution is 2.33. The summed E-state index contributed by atoms with van der Waals surface area (Å²) in [5.74, 6) is 0.513. The van der Waals surface area contributed by atoms with Crippen molar-refractivity contribution >= 4 is 33.2 Å². The molecule has 0 fully saturated rings. The first-order valence-electron chi connectivity index (χ1n) is 9.68. The molecule has 5 nitrogen and oxygen atoms in total. The lowest BCUT2D eigenvalue weighted by Gasteiger charge is -2.06. The molecule has 0 saturated heterocycles. The summed E-state index contributed by atoms with van der Waals surface area (Å²) >= 11 is 1.50. The standard InChI is InChI=1S/C23H16F3N5S/c1-13-10-18-19(29-21(28-18)15-2-4-16(5-3-15)23(24,25)26)11-17(13)30-22-31-20(12-32-22)14-6-8-27-9-7-14/h2-12H,1H3,(H,28,29)(H,30,31). The largest absolute Gasteiger partial charge is 0.416 e. The first-order valence-corrected chi connectivity index (χ1v) is 10.6. The van der Waals surface area contributed by atoms with E-state index in [9.17, 15) is 13.2 Å². The number of H-pyrrole nitrogens is 1. The van der Waals surface area contributed by atoms with Gasteiger partial charge in [0.15, 0.2) is 5.13 Å². The number of halogens is 3. The maximum absolute atomic E-state index is 12.8. The molecule has 0 bridgehead atoms. The third kappa shape index (κ3) is 3.94.